The van der Waals surface area contributed by atoms with Crippen LogP contribution in [0.1, 0.15) is 29.3 Å². The first-order chi connectivity index (χ1) is 10.2. The van der Waals surface area contributed by atoms with Gasteiger partial charge in [0.1, 0.15) is 11.5 Å². The predicted molar refractivity (Wildman–Crippen MR) is 83.2 cm³/mol. The number of benzene rings is 2. The monoisotopic (exact) mass is 284 g/mol. The minimum Gasteiger partial charge on any atom is -0.493 e. The van der Waals surface area contributed by atoms with Crippen LogP contribution in [0.3, 0.4) is 0 Å². The Morgan fingerprint density at radius 2 is 1.71 bits per heavy atom. The largest absolute Gasteiger partial charge is 0.493 e. The maximum Gasteiger partial charge on any atom is 0.163 e. The highest BCUT2D eigenvalue weighted by Crippen LogP contribution is 2.20. The van der Waals surface area contributed by atoms with E-state index in [0.717, 1.165) is 17.7 Å². The summed E-state index contributed by atoms with van der Waals surface area (Å²) >= 11 is 0. The summed E-state index contributed by atoms with van der Waals surface area (Å²) in [6.45, 7) is 4.63. The molecule has 0 aromatic heterocycles. The lowest BCUT2D eigenvalue weighted by molar-refractivity contribution is 0.101. The summed E-state index contributed by atoms with van der Waals surface area (Å²) in [5.74, 6) is 1.53. The van der Waals surface area contributed by atoms with E-state index in [9.17, 15) is 4.79 Å². The molecule has 0 fully saturated rings. The second kappa shape index (κ2) is 7.48. The Bertz CT molecular complexity index is 591. The third-order valence-electron chi connectivity index (χ3n) is 3.07. The van der Waals surface area contributed by atoms with E-state index < -0.39 is 0 Å². The van der Waals surface area contributed by atoms with Gasteiger partial charge in [-0.15, -0.1) is 0 Å². The Labute approximate surface area is 125 Å². The van der Waals surface area contributed by atoms with Crippen molar-refractivity contribution in [2.75, 3.05) is 13.2 Å². The standard InChI is InChI=1S/C18H20O3/c1-14-9-10-18(17(13-14)15(2)19)21-12-6-11-20-16-7-4-3-5-8-16/h3-5,7-10,13H,6,11-12H2,1-2H3. The summed E-state index contributed by atoms with van der Waals surface area (Å²) in [6.07, 6.45) is 0.764. The molecule has 2 aromatic rings. The lowest BCUT2D eigenvalue weighted by atomic mass is 10.1. The van der Waals surface area contributed by atoms with Crippen LogP contribution in [-0.4, -0.2) is 19.0 Å². The van der Waals surface area contributed by atoms with Gasteiger partial charge in [-0.3, -0.25) is 4.79 Å². The van der Waals surface area contributed by atoms with Crippen LogP contribution in [0.25, 0.3) is 0 Å². The van der Waals surface area contributed by atoms with Crippen molar-refractivity contribution in [3.8, 4) is 11.5 Å². The number of carbonyl (C=O) groups excluding carboxylic acids is 1. The molecule has 0 saturated carbocycles. The van der Waals surface area contributed by atoms with Gasteiger partial charge in [0.25, 0.3) is 0 Å². The summed E-state index contributed by atoms with van der Waals surface area (Å²) < 4.78 is 11.3. The topological polar surface area (TPSA) is 35.5 Å². The van der Waals surface area contributed by atoms with Gasteiger partial charge in [-0.05, 0) is 38.1 Å². The molecule has 0 aliphatic heterocycles. The zero-order valence-electron chi connectivity index (χ0n) is 12.5. The Morgan fingerprint density at radius 1 is 1.00 bits per heavy atom. The minimum absolute atomic E-state index is 0.0224. The number of hydrogen-bond acceptors (Lipinski definition) is 3. The smallest absolute Gasteiger partial charge is 0.163 e. The van der Waals surface area contributed by atoms with E-state index in [0.29, 0.717) is 24.5 Å². The molecule has 3 nitrogen and oxygen atoms in total. The summed E-state index contributed by atoms with van der Waals surface area (Å²) in [6, 6.07) is 15.3. The Balaban J connectivity index is 1.80. The second-order valence-electron chi connectivity index (χ2n) is 4.92. The van der Waals surface area contributed by atoms with Gasteiger partial charge in [-0.1, -0.05) is 29.8 Å². The third-order valence-corrected chi connectivity index (χ3v) is 3.07. The molecular formula is C18H20O3. The molecule has 0 bridgehead atoms. The molecular weight excluding hydrogens is 264 g/mol. The number of ketones is 1. The number of para-hydroxylation sites is 1. The molecule has 0 heterocycles. The molecule has 0 aliphatic carbocycles. The van der Waals surface area contributed by atoms with Crippen molar-refractivity contribution in [3.63, 3.8) is 0 Å². The van der Waals surface area contributed by atoms with Crippen LogP contribution in [0.2, 0.25) is 0 Å². The van der Waals surface area contributed by atoms with Crippen molar-refractivity contribution < 1.29 is 14.3 Å². The number of ether oxygens (including phenoxy) is 2. The molecule has 0 aliphatic rings. The van der Waals surface area contributed by atoms with E-state index in [1.807, 2.05) is 55.5 Å². The molecule has 0 unspecified atom stereocenters. The first kappa shape index (κ1) is 15.1. The second-order valence-corrected chi connectivity index (χ2v) is 4.92. The molecule has 0 radical (unpaired) electrons. The lowest BCUT2D eigenvalue weighted by Crippen LogP contribution is -2.07. The highest BCUT2D eigenvalue weighted by atomic mass is 16.5. The Morgan fingerprint density at radius 3 is 2.43 bits per heavy atom. The average molecular weight is 284 g/mol. The SMILES string of the molecule is CC(=O)c1cc(C)ccc1OCCCOc1ccccc1. The summed E-state index contributed by atoms with van der Waals surface area (Å²) in [4.78, 5) is 11.6. The summed E-state index contributed by atoms with van der Waals surface area (Å²) in [5, 5.41) is 0. The fourth-order valence-electron chi connectivity index (χ4n) is 1.99. The van der Waals surface area contributed by atoms with E-state index in [4.69, 9.17) is 9.47 Å². The summed E-state index contributed by atoms with van der Waals surface area (Å²) in [7, 11) is 0. The minimum atomic E-state index is 0.0224. The zero-order valence-corrected chi connectivity index (χ0v) is 12.5. The van der Waals surface area contributed by atoms with Crippen molar-refractivity contribution in [2.45, 2.75) is 20.3 Å². The van der Waals surface area contributed by atoms with Gasteiger partial charge >= 0.3 is 0 Å². The van der Waals surface area contributed by atoms with Gasteiger partial charge in [-0.25, -0.2) is 0 Å². The number of carbonyl (C=O) groups is 1. The quantitative estimate of drug-likeness (QED) is 0.568. The number of Topliss-reactive ketones (excluding diaryl/α,β-unsaturated/α-hetero) is 1. The highest BCUT2D eigenvalue weighted by Gasteiger charge is 2.08. The normalized spacial score (nSPS) is 10.2. The first-order valence-electron chi connectivity index (χ1n) is 7.09. The van der Waals surface area contributed by atoms with E-state index in [1.54, 1.807) is 6.92 Å². The van der Waals surface area contributed by atoms with Gasteiger partial charge in [0.05, 0.1) is 18.8 Å². The fourth-order valence-corrected chi connectivity index (χ4v) is 1.99. The molecule has 0 atom stereocenters. The van der Waals surface area contributed by atoms with Crippen molar-refractivity contribution in [1.82, 2.24) is 0 Å². The van der Waals surface area contributed by atoms with Gasteiger partial charge in [-0.2, -0.15) is 0 Å². The Hall–Kier alpha value is -2.29. The molecule has 0 amide bonds. The van der Waals surface area contributed by atoms with E-state index in [2.05, 4.69) is 0 Å². The van der Waals surface area contributed by atoms with Crippen LogP contribution in [0.5, 0.6) is 11.5 Å². The zero-order chi connectivity index (χ0) is 15.1. The van der Waals surface area contributed by atoms with Crippen molar-refractivity contribution >= 4 is 5.78 Å². The van der Waals surface area contributed by atoms with Crippen molar-refractivity contribution in [1.29, 1.82) is 0 Å². The van der Waals surface area contributed by atoms with Crippen LogP contribution in [0.4, 0.5) is 0 Å². The molecule has 21 heavy (non-hydrogen) atoms. The van der Waals surface area contributed by atoms with Crippen LogP contribution in [0, 0.1) is 6.92 Å². The summed E-state index contributed by atoms with van der Waals surface area (Å²) in [5.41, 5.74) is 1.69. The van der Waals surface area contributed by atoms with E-state index in [1.165, 1.54) is 0 Å². The molecule has 2 aromatic carbocycles. The number of aryl methyl sites for hydroxylation is 1. The Kier molecular flexibility index (Phi) is 5.38. The highest BCUT2D eigenvalue weighted by molar-refractivity contribution is 5.97. The molecule has 0 saturated heterocycles. The van der Waals surface area contributed by atoms with Gasteiger partial charge < -0.3 is 9.47 Å². The molecule has 3 heteroatoms. The molecule has 0 N–H and O–H groups in total. The average Bonchev–Trinajstić information content (AvgIpc) is 2.49. The van der Waals surface area contributed by atoms with Crippen LogP contribution in [-0.2, 0) is 0 Å². The van der Waals surface area contributed by atoms with Crippen molar-refractivity contribution in [2.24, 2.45) is 0 Å². The maximum absolute atomic E-state index is 11.6. The lowest BCUT2D eigenvalue weighted by Gasteiger charge is -2.11. The van der Waals surface area contributed by atoms with Crippen LogP contribution >= 0.6 is 0 Å². The molecule has 110 valence electrons. The van der Waals surface area contributed by atoms with Gasteiger partial charge in [0.15, 0.2) is 5.78 Å². The number of hydrogen-bond donors (Lipinski definition) is 0. The van der Waals surface area contributed by atoms with E-state index in [-0.39, 0.29) is 5.78 Å². The van der Waals surface area contributed by atoms with Crippen LogP contribution < -0.4 is 9.47 Å². The van der Waals surface area contributed by atoms with E-state index >= 15 is 0 Å². The predicted octanol–water partition coefficient (Wildman–Crippen LogP) is 4.05. The number of rotatable bonds is 7. The molecule has 2 rings (SSSR count). The first-order valence-corrected chi connectivity index (χ1v) is 7.09. The fraction of sp³-hybridized carbons (Fsp3) is 0.278. The van der Waals surface area contributed by atoms with Gasteiger partial charge in [0, 0.05) is 6.42 Å². The van der Waals surface area contributed by atoms with Crippen LogP contribution in [0.15, 0.2) is 48.5 Å². The molecule has 0 spiro atoms. The van der Waals surface area contributed by atoms with Gasteiger partial charge in [0.2, 0.25) is 0 Å². The maximum atomic E-state index is 11.6. The third kappa shape index (κ3) is 4.63. The van der Waals surface area contributed by atoms with Crippen molar-refractivity contribution in [3.05, 3.63) is 59.7 Å².